The molecule has 1 heterocycles. The SMILES string of the molecule is COc1ccc(Cc2cscn2)cc1. The molecule has 0 aliphatic carbocycles. The highest BCUT2D eigenvalue weighted by Crippen LogP contribution is 2.14. The highest BCUT2D eigenvalue weighted by Gasteiger charge is 1.98. The molecule has 0 unspecified atom stereocenters. The van der Waals surface area contributed by atoms with Crippen LogP contribution in [0.5, 0.6) is 5.75 Å². The zero-order valence-electron chi connectivity index (χ0n) is 7.93. The van der Waals surface area contributed by atoms with Crippen molar-refractivity contribution >= 4 is 11.3 Å². The summed E-state index contributed by atoms with van der Waals surface area (Å²) in [5, 5.41) is 2.07. The molecule has 14 heavy (non-hydrogen) atoms. The number of thiazole rings is 1. The predicted molar refractivity (Wildman–Crippen MR) is 57.9 cm³/mol. The van der Waals surface area contributed by atoms with Crippen molar-refractivity contribution in [1.82, 2.24) is 4.98 Å². The number of hydrogen-bond acceptors (Lipinski definition) is 3. The molecular weight excluding hydrogens is 194 g/mol. The van der Waals surface area contributed by atoms with Crippen molar-refractivity contribution in [2.75, 3.05) is 7.11 Å². The van der Waals surface area contributed by atoms with Crippen LogP contribution >= 0.6 is 11.3 Å². The second-order valence-corrected chi connectivity index (χ2v) is 3.72. The van der Waals surface area contributed by atoms with Crippen molar-refractivity contribution in [3.8, 4) is 5.75 Å². The standard InChI is InChI=1S/C11H11NOS/c1-13-11-4-2-9(3-5-11)6-10-7-14-8-12-10/h2-5,7-8H,6H2,1H3. The van der Waals surface area contributed by atoms with Gasteiger partial charge in [0.15, 0.2) is 0 Å². The maximum Gasteiger partial charge on any atom is 0.118 e. The van der Waals surface area contributed by atoms with Crippen LogP contribution in [0, 0.1) is 0 Å². The fourth-order valence-corrected chi connectivity index (χ4v) is 1.84. The highest BCUT2D eigenvalue weighted by molar-refractivity contribution is 7.07. The van der Waals surface area contributed by atoms with E-state index in [-0.39, 0.29) is 0 Å². The van der Waals surface area contributed by atoms with E-state index in [9.17, 15) is 0 Å². The topological polar surface area (TPSA) is 22.1 Å². The molecule has 0 saturated carbocycles. The summed E-state index contributed by atoms with van der Waals surface area (Å²) in [4.78, 5) is 4.24. The summed E-state index contributed by atoms with van der Waals surface area (Å²) in [7, 11) is 1.68. The zero-order chi connectivity index (χ0) is 9.80. The Labute approximate surface area is 87.2 Å². The summed E-state index contributed by atoms with van der Waals surface area (Å²) in [6, 6.07) is 8.08. The van der Waals surface area contributed by atoms with Gasteiger partial charge in [-0.3, -0.25) is 0 Å². The average molecular weight is 205 g/mol. The van der Waals surface area contributed by atoms with Gasteiger partial charge < -0.3 is 4.74 Å². The summed E-state index contributed by atoms with van der Waals surface area (Å²) in [6.45, 7) is 0. The molecule has 0 aliphatic rings. The third-order valence-electron chi connectivity index (χ3n) is 2.03. The van der Waals surface area contributed by atoms with Gasteiger partial charge in [0.1, 0.15) is 5.75 Å². The van der Waals surface area contributed by atoms with E-state index >= 15 is 0 Å². The first kappa shape index (κ1) is 9.21. The molecule has 2 rings (SSSR count). The van der Waals surface area contributed by atoms with E-state index in [1.807, 2.05) is 17.6 Å². The second kappa shape index (κ2) is 4.24. The lowest BCUT2D eigenvalue weighted by Crippen LogP contribution is -1.88. The number of nitrogens with zero attached hydrogens (tertiary/aromatic N) is 1. The van der Waals surface area contributed by atoms with Crippen LogP contribution in [0.4, 0.5) is 0 Å². The van der Waals surface area contributed by atoms with Gasteiger partial charge in [0, 0.05) is 11.8 Å². The summed E-state index contributed by atoms with van der Waals surface area (Å²) in [5.74, 6) is 0.895. The van der Waals surface area contributed by atoms with E-state index in [0.29, 0.717) is 0 Å². The molecule has 0 atom stereocenters. The van der Waals surface area contributed by atoms with E-state index in [2.05, 4.69) is 22.5 Å². The number of ether oxygens (including phenoxy) is 1. The molecule has 0 N–H and O–H groups in total. The molecule has 1 aromatic heterocycles. The summed E-state index contributed by atoms with van der Waals surface area (Å²) < 4.78 is 5.09. The van der Waals surface area contributed by atoms with Crippen LogP contribution in [-0.2, 0) is 6.42 Å². The third-order valence-corrected chi connectivity index (χ3v) is 2.66. The number of benzene rings is 1. The maximum atomic E-state index is 5.09. The Balaban J connectivity index is 2.10. The Morgan fingerprint density at radius 1 is 1.29 bits per heavy atom. The van der Waals surface area contributed by atoms with Crippen LogP contribution in [0.3, 0.4) is 0 Å². The van der Waals surface area contributed by atoms with Crippen molar-refractivity contribution in [3.63, 3.8) is 0 Å². The summed E-state index contributed by atoms with van der Waals surface area (Å²) in [6.07, 6.45) is 0.896. The first-order chi connectivity index (χ1) is 6.88. The van der Waals surface area contributed by atoms with Crippen LogP contribution in [0.25, 0.3) is 0 Å². The molecule has 1 aromatic carbocycles. The van der Waals surface area contributed by atoms with Crippen molar-refractivity contribution in [2.45, 2.75) is 6.42 Å². The first-order valence-electron chi connectivity index (χ1n) is 4.38. The Hall–Kier alpha value is -1.35. The minimum atomic E-state index is 0.895. The van der Waals surface area contributed by atoms with Crippen LogP contribution in [-0.4, -0.2) is 12.1 Å². The van der Waals surface area contributed by atoms with Crippen molar-refractivity contribution in [2.24, 2.45) is 0 Å². The van der Waals surface area contributed by atoms with Crippen molar-refractivity contribution in [1.29, 1.82) is 0 Å². The zero-order valence-corrected chi connectivity index (χ0v) is 8.75. The Bertz CT molecular complexity index is 380. The van der Waals surface area contributed by atoms with Crippen LogP contribution < -0.4 is 4.74 Å². The van der Waals surface area contributed by atoms with Gasteiger partial charge in [0.25, 0.3) is 0 Å². The van der Waals surface area contributed by atoms with Gasteiger partial charge in [-0.15, -0.1) is 11.3 Å². The molecule has 0 spiro atoms. The highest BCUT2D eigenvalue weighted by atomic mass is 32.1. The molecule has 0 bridgehead atoms. The smallest absolute Gasteiger partial charge is 0.118 e. The van der Waals surface area contributed by atoms with Gasteiger partial charge >= 0.3 is 0 Å². The lowest BCUT2D eigenvalue weighted by atomic mass is 10.1. The minimum absolute atomic E-state index is 0.895. The lowest BCUT2D eigenvalue weighted by molar-refractivity contribution is 0.414. The normalized spacial score (nSPS) is 10.1. The molecule has 2 aromatic rings. The largest absolute Gasteiger partial charge is 0.497 e. The van der Waals surface area contributed by atoms with E-state index in [1.54, 1.807) is 18.4 Å². The van der Waals surface area contributed by atoms with Crippen molar-refractivity contribution in [3.05, 3.63) is 46.4 Å². The van der Waals surface area contributed by atoms with E-state index < -0.39 is 0 Å². The average Bonchev–Trinajstić information content (AvgIpc) is 2.72. The van der Waals surface area contributed by atoms with E-state index in [1.165, 1.54) is 5.56 Å². The molecule has 0 saturated heterocycles. The number of methoxy groups -OCH3 is 1. The molecular formula is C11H11NOS. The Morgan fingerprint density at radius 2 is 2.07 bits per heavy atom. The fourth-order valence-electron chi connectivity index (χ4n) is 1.28. The van der Waals surface area contributed by atoms with Gasteiger partial charge in [-0.05, 0) is 17.7 Å². The van der Waals surface area contributed by atoms with Crippen LogP contribution in [0.15, 0.2) is 35.2 Å². The van der Waals surface area contributed by atoms with Gasteiger partial charge in [-0.1, -0.05) is 12.1 Å². The molecule has 0 aliphatic heterocycles. The number of aromatic nitrogens is 1. The predicted octanol–water partition coefficient (Wildman–Crippen LogP) is 2.74. The number of hydrogen-bond donors (Lipinski definition) is 0. The van der Waals surface area contributed by atoms with Gasteiger partial charge in [-0.25, -0.2) is 4.98 Å². The third kappa shape index (κ3) is 2.12. The van der Waals surface area contributed by atoms with Gasteiger partial charge in [0.2, 0.25) is 0 Å². The second-order valence-electron chi connectivity index (χ2n) is 3.00. The number of rotatable bonds is 3. The van der Waals surface area contributed by atoms with E-state index in [0.717, 1.165) is 17.9 Å². The van der Waals surface area contributed by atoms with Crippen LogP contribution in [0.1, 0.15) is 11.3 Å². The van der Waals surface area contributed by atoms with Crippen LogP contribution in [0.2, 0.25) is 0 Å². The summed E-state index contributed by atoms with van der Waals surface area (Å²) >= 11 is 1.63. The molecule has 0 fully saturated rings. The molecule has 2 nitrogen and oxygen atoms in total. The van der Waals surface area contributed by atoms with Crippen molar-refractivity contribution < 1.29 is 4.74 Å². The van der Waals surface area contributed by atoms with E-state index in [4.69, 9.17) is 4.74 Å². The minimum Gasteiger partial charge on any atom is -0.497 e. The maximum absolute atomic E-state index is 5.09. The molecule has 0 amide bonds. The monoisotopic (exact) mass is 205 g/mol. The molecule has 3 heteroatoms. The Kier molecular flexibility index (Phi) is 2.79. The first-order valence-corrected chi connectivity index (χ1v) is 5.33. The lowest BCUT2D eigenvalue weighted by Gasteiger charge is -2.01. The van der Waals surface area contributed by atoms with Gasteiger partial charge in [0.05, 0.1) is 18.3 Å². The van der Waals surface area contributed by atoms with Gasteiger partial charge in [-0.2, -0.15) is 0 Å². The fraction of sp³-hybridized carbons (Fsp3) is 0.182. The quantitative estimate of drug-likeness (QED) is 0.768. The molecule has 72 valence electrons. The summed E-state index contributed by atoms with van der Waals surface area (Å²) in [5.41, 5.74) is 4.25. The molecule has 0 radical (unpaired) electrons. The Morgan fingerprint density at radius 3 is 2.64 bits per heavy atom.